The SMILES string of the molecule is Cc1ccc(C(NN)c2ccc(Br)cc2)cc1C. The second-order valence-corrected chi connectivity index (χ2v) is 5.41. The quantitative estimate of drug-likeness (QED) is 0.671. The summed E-state index contributed by atoms with van der Waals surface area (Å²) in [7, 11) is 0. The van der Waals surface area contributed by atoms with Crippen LogP contribution >= 0.6 is 15.9 Å². The van der Waals surface area contributed by atoms with Gasteiger partial charge in [-0.05, 0) is 48.2 Å². The molecule has 0 fully saturated rings. The molecule has 1 atom stereocenters. The molecule has 1 unspecified atom stereocenters. The van der Waals surface area contributed by atoms with Crippen molar-refractivity contribution in [2.75, 3.05) is 0 Å². The summed E-state index contributed by atoms with van der Waals surface area (Å²) in [5.41, 5.74) is 7.80. The van der Waals surface area contributed by atoms with E-state index in [1.54, 1.807) is 0 Å². The molecule has 2 aromatic rings. The third-order valence-corrected chi connectivity index (χ3v) is 3.76. The van der Waals surface area contributed by atoms with E-state index in [-0.39, 0.29) is 6.04 Å². The van der Waals surface area contributed by atoms with Crippen LogP contribution in [0, 0.1) is 13.8 Å². The van der Waals surface area contributed by atoms with Crippen LogP contribution in [-0.4, -0.2) is 0 Å². The highest BCUT2D eigenvalue weighted by molar-refractivity contribution is 9.10. The summed E-state index contributed by atoms with van der Waals surface area (Å²) in [4.78, 5) is 0. The van der Waals surface area contributed by atoms with Crippen LogP contribution < -0.4 is 11.3 Å². The van der Waals surface area contributed by atoms with Gasteiger partial charge in [-0.25, -0.2) is 5.43 Å². The number of aryl methyl sites for hydroxylation is 2. The summed E-state index contributed by atoms with van der Waals surface area (Å²) in [5.74, 6) is 5.70. The molecule has 2 rings (SSSR count). The third kappa shape index (κ3) is 2.80. The van der Waals surface area contributed by atoms with Crippen molar-refractivity contribution in [1.82, 2.24) is 5.43 Å². The highest BCUT2D eigenvalue weighted by Crippen LogP contribution is 2.24. The van der Waals surface area contributed by atoms with Gasteiger partial charge in [-0.2, -0.15) is 0 Å². The number of benzene rings is 2. The molecule has 0 amide bonds. The lowest BCUT2D eigenvalue weighted by Crippen LogP contribution is -2.28. The van der Waals surface area contributed by atoms with Crippen LogP contribution in [-0.2, 0) is 0 Å². The Bertz CT molecular complexity index is 535. The molecule has 0 saturated carbocycles. The van der Waals surface area contributed by atoms with Crippen LogP contribution in [0.25, 0.3) is 0 Å². The number of nitrogens with one attached hydrogen (secondary N) is 1. The molecule has 94 valence electrons. The van der Waals surface area contributed by atoms with E-state index in [1.165, 1.54) is 16.7 Å². The van der Waals surface area contributed by atoms with E-state index in [4.69, 9.17) is 5.84 Å². The second-order valence-electron chi connectivity index (χ2n) is 4.49. The molecule has 0 bridgehead atoms. The van der Waals surface area contributed by atoms with Gasteiger partial charge in [0.15, 0.2) is 0 Å². The predicted molar refractivity (Wildman–Crippen MR) is 79.2 cm³/mol. The Kier molecular flexibility index (Phi) is 4.17. The molecule has 18 heavy (non-hydrogen) atoms. The standard InChI is InChI=1S/C15H17BrN2/c1-10-3-4-13(9-11(10)2)15(18-17)12-5-7-14(16)8-6-12/h3-9,15,18H,17H2,1-2H3. The van der Waals surface area contributed by atoms with Crippen molar-refractivity contribution in [3.8, 4) is 0 Å². The zero-order valence-corrected chi connectivity index (χ0v) is 12.2. The first-order valence-corrected chi connectivity index (χ1v) is 6.70. The van der Waals surface area contributed by atoms with E-state index < -0.39 is 0 Å². The van der Waals surface area contributed by atoms with Crippen molar-refractivity contribution >= 4 is 15.9 Å². The molecule has 0 aromatic heterocycles. The van der Waals surface area contributed by atoms with Crippen LogP contribution in [0.1, 0.15) is 28.3 Å². The van der Waals surface area contributed by atoms with Gasteiger partial charge in [-0.15, -0.1) is 0 Å². The molecule has 0 heterocycles. The van der Waals surface area contributed by atoms with Gasteiger partial charge in [-0.1, -0.05) is 46.3 Å². The molecule has 0 spiro atoms. The number of hydrogen-bond donors (Lipinski definition) is 2. The van der Waals surface area contributed by atoms with Crippen LogP contribution in [0.5, 0.6) is 0 Å². The van der Waals surface area contributed by atoms with Gasteiger partial charge in [0.25, 0.3) is 0 Å². The lowest BCUT2D eigenvalue weighted by atomic mass is 9.96. The van der Waals surface area contributed by atoms with Gasteiger partial charge in [0.1, 0.15) is 0 Å². The van der Waals surface area contributed by atoms with Gasteiger partial charge >= 0.3 is 0 Å². The first-order chi connectivity index (χ1) is 8.61. The molecule has 0 saturated heterocycles. The minimum atomic E-state index is 0.0254. The van der Waals surface area contributed by atoms with Crippen LogP contribution in [0.4, 0.5) is 0 Å². The topological polar surface area (TPSA) is 38.0 Å². The van der Waals surface area contributed by atoms with Crippen molar-refractivity contribution in [3.05, 3.63) is 69.2 Å². The largest absolute Gasteiger partial charge is 0.271 e. The highest BCUT2D eigenvalue weighted by Gasteiger charge is 2.12. The molecular formula is C15H17BrN2. The maximum atomic E-state index is 5.70. The summed E-state index contributed by atoms with van der Waals surface area (Å²) < 4.78 is 1.07. The zero-order chi connectivity index (χ0) is 13.1. The summed E-state index contributed by atoms with van der Waals surface area (Å²) >= 11 is 3.44. The first-order valence-electron chi connectivity index (χ1n) is 5.90. The van der Waals surface area contributed by atoms with Gasteiger partial charge in [0.2, 0.25) is 0 Å². The van der Waals surface area contributed by atoms with Gasteiger partial charge in [0.05, 0.1) is 6.04 Å². The number of halogens is 1. The summed E-state index contributed by atoms with van der Waals surface area (Å²) in [6.45, 7) is 4.23. The molecular weight excluding hydrogens is 288 g/mol. The summed E-state index contributed by atoms with van der Waals surface area (Å²) in [5, 5.41) is 0. The Labute approximate surface area is 116 Å². The lowest BCUT2D eigenvalue weighted by molar-refractivity contribution is 0.636. The Hall–Kier alpha value is -1.16. The molecule has 0 radical (unpaired) electrons. The molecule has 0 aliphatic heterocycles. The van der Waals surface area contributed by atoms with E-state index in [0.717, 1.165) is 10.0 Å². The van der Waals surface area contributed by atoms with Crippen molar-refractivity contribution in [2.24, 2.45) is 5.84 Å². The molecule has 3 N–H and O–H groups in total. The van der Waals surface area contributed by atoms with E-state index >= 15 is 0 Å². The Morgan fingerprint density at radius 1 is 0.944 bits per heavy atom. The average Bonchev–Trinajstić information content (AvgIpc) is 2.37. The first kappa shape index (κ1) is 13.3. The zero-order valence-electron chi connectivity index (χ0n) is 10.6. The van der Waals surface area contributed by atoms with Crippen molar-refractivity contribution in [3.63, 3.8) is 0 Å². The predicted octanol–water partition coefficient (Wildman–Crippen LogP) is 3.62. The third-order valence-electron chi connectivity index (χ3n) is 3.23. The second kappa shape index (κ2) is 5.65. The molecule has 0 aliphatic rings. The fraction of sp³-hybridized carbons (Fsp3) is 0.200. The number of nitrogens with two attached hydrogens (primary N) is 1. The Morgan fingerprint density at radius 2 is 1.56 bits per heavy atom. The molecule has 3 heteroatoms. The maximum absolute atomic E-state index is 5.70. The van der Waals surface area contributed by atoms with E-state index in [2.05, 4.69) is 65.5 Å². The van der Waals surface area contributed by atoms with Crippen LogP contribution in [0.3, 0.4) is 0 Å². The fourth-order valence-corrected chi connectivity index (χ4v) is 2.25. The maximum Gasteiger partial charge on any atom is 0.0710 e. The van der Waals surface area contributed by atoms with E-state index in [9.17, 15) is 0 Å². The van der Waals surface area contributed by atoms with Gasteiger partial charge in [-0.3, -0.25) is 5.84 Å². The van der Waals surface area contributed by atoms with Gasteiger partial charge < -0.3 is 0 Å². The monoisotopic (exact) mass is 304 g/mol. The van der Waals surface area contributed by atoms with Crippen LogP contribution in [0.2, 0.25) is 0 Å². The van der Waals surface area contributed by atoms with E-state index in [0.29, 0.717) is 0 Å². The van der Waals surface area contributed by atoms with Crippen molar-refractivity contribution in [2.45, 2.75) is 19.9 Å². The molecule has 2 aromatic carbocycles. The number of hydrogen-bond acceptors (Lipinski definition) is 2. The number of rotatable bonds is 3. The van der Waals surface area contributed by atoms with Crippen molar-refractivity contribution in [1.29, 1.82) is 0 Å². The van der Waals surface area contributed by atoms with E-state index in [1.807, 2.05) is 12.1 Å². The molecule has 2 nitrogen and oxygen atoms in total. The van der Waals surface area contributed by atoms with Gasteiger partial charge in [0, 0.05) is 4.47 Å². The normalized spacial score (nSPS) is 12.4. The summed E-state index contributed by atoms with van der Waals surface area (Å²) in [6, 6.07) is 14.7. The highest BCUT2D eigenvalue weighted by atomic mass is 79.9. The minimum Gasteiger partial charge on any atom is -0.271 e. The summed E-state index contributed by atoms with van der Waals surface area (Å²) in [6.07, 6.45) is 0. The lowest BCUT2D eigenvalue weighted by Gasteiger charge is -2.18. The smallest absolute Gasteiger partial charge is 0.0710 e. The van der Waals surface area contributed by atoms with Crippen LogP contribution in [0.15, 0.2) is 46.9 Å². The average molecular weight is 305 g/mol. The number of hydrazine groups is 1. The Balaban J connectivity index is 2.38. The van der Waals surface area contributed by atoms with Crippen molar-refractivity contribution < 1.29 is 0 Å². The fourth-order valence-electron chi connectivity index (χ4n) is 1.98. The minimum absolute atomic E-state index is 0.0254. The molecule has 0 aliphatic carbocycles. The Morgan fingerprint density at radius 3 is 2.11 bits per heavy atom.